The number of para-hydroxylation sites is 1. The number of aliphatic carboxylic acids is 1. The van der Waals surface area contributed by atoms with Crippen LogP contribution < -0.4 is 5.43 Å². The third kappa shape index (κ3) is 1.98. The van der Waals surface area contributed by atoms with Gasteiger partial charge in [-0.3, -0.25) is 9.59 Å². The number of benzene rings is 1. The lowest BCUT2D eigenvalue weighted by molar-refractivity contribution is -0.141. The number of amides is 1. The van der Waals surface area contributed by atoms with Crippen LogP contribution in [0.15, 0.2) is 29.2 Å². The fraction of sp³-hybridized carbons (Fsp3) is 0.353. The van der Waals surface area contributed by atoms with Crippen LogP contribution in [0.5, 0.6) is 0 Å². The standard InChI is InChI=1S/C17H16N2O4/c20-15-11-4-1-3-10-6-8-18(14(10)11)9-12(15)16(21)19-7-2-5-13(19)17(22)23/h1,3-4,9,13H,2,5-8H2,(H,22,23)/t13-/m0/s1. The van der Waals surface area contributed by atoms with Gasteiger partial charge in [0.2, 0.25) is 5.43 Å². The minimum atomic E-state index is -1.01. The minimum absolute atomic E-state index is 0.0738. The smallest absolute Gasteiger partial charge is 0.326 e. The number of pyridine rings is 1. The van der Waals surface area contributed by atoms with Crippen LogP contribution in [0.25, 0.3) is 10.9 Å². The van der Waals surface area contributed by atoms with E-state index >= 15 is 0 Å². The zero-order valence-corrected chi connectivity index (χ0v) is 12.5. The number of hydrogen-bond donors (Lipinski definition) is 1. The second kappa shape index (κ2) is 4.94. The zero-order chi connectivity index (χ0) is 16.1. The average Bonchev–Trinajstić information content (AvgIpc) is 3.18. The molecule has 2 aromatic rings. The Bertz CT molecular complexity index is 899. The number of hydrogen-bond acceptors (Lipinski definition) is 3. The summed E-state index contributed by atoms with van der Waals surface area (Å²) < 4.78 is 1.94. The lowest BCUT2D eigenvalue weighted by atomic mass is 10.1. The SMILES string of the molecule is O=C(O)[C@@H]1CCCN1C(=O)c1cn2c3c(cccc3c1=O)CC2. The van der Waals surface area contributed by atoms with Crippen molar-refractivity contribution < 1.29 is 14.7 Å². The summed E-state index contributed by atoms with van der Waals surface area (Å²) in [6, 6.07) is 4.73. The van der Waals surface area contributed by atoms with Gasteiger partial charge in [0.1, 0.15) is 11.6 Å². The molecule has 1 amide bonds. The normalized spacial score (nSPS) is 19.5. The molecule has 0 saturated carbocycles. The van der Waals surface area contributed by atoms with Gasteiger partial charge in [-0.15, -0.1) is 0 Å². The first-order chi connectivity index (χ1) is 11.1. The first-order valence-electron chi connectivity index (χ1n) is 7.77. The van der Waals surface area contributed by atoms with Crippen LogP contribution in [0.2, 0.25) is 0 Å². The molecule has 118 valence electrons. The molecule has 0 spiro atoms. The molecular formula is C17H16N2O4. The zero-order valence-electron chi connectivity index (χ0n) is 12.5. The highest BCUT2D eigenvalue weighted by atomic mass is 16.4. The van der Waals surface area contributed by atoms with Crippen molar-refractivity contribution in [2.75, 3.05) is 6.54 Å². The second-order valence-corrected chi connectivity index (χ2v) is 6.12. The summed E-state index contributed by atoms with van der Waals surface area (Å²) in [5, 5.41) is 9.79. The Morgan fingerprint density at radius 3 is 2.83 bits per heavy atom. The van der Waals surface area contributed by atoms with Gasteiger partial charge in [0, 0.05) is 24.7 Å². The van der Waals surface area contributed by atoms with E-state index in [1.807, 2.05) is 16.7 Å². The Morgan fingerprint density at radius 1 is 1.22 bits per heavy atom. The molecule has 3 heterocycles. The maximum absolute atomic E-state index is 12.8. The van der Waals surface area contributed by atoms with Gasteiger partial charge in [0.05, 0.1) is 5.52 Å². The van der Waals surface area contributed by atoms with Gasteiger partial charge in [0.15, 0.2) is 0 Å². The van der Waals surface area contributed by atoms with E-state index in [-0.39, 0.29) is 11.0 Å². The summed E-state index contributed by atoms with van der Waals surface area (Å²) >= 11 is 0. The van der Waals surface area contributed by atoms with Gasteiger partial charge in [-0.1, -0.05) is 12.1 Å². The molecule has 1 saturated heterocycles. The molecule has 1 fully saturated rings. The highest BCUT2D eigenvalue weighted by molar-refractivity contribution is 6.00. The van der Waals surface area contributed by atoms with Crippen molar-refractivity contribution in [2.45, 2.75) is 31.8 Å². The number of aryl methyl sites for hydroxylation is 2. The molecule has 1 atom stereocenters. The first-order valence-corrected chi connectivity index (χ1v) is 7.77. The molecule has 1 N–H and O–H groups in total. The van der Waals surface area contributed by atoms with Crippen molar-refractivity contribution in [1.82, 2.24) is 9.47 Å². The molecule has 4 rings (SSSR count). The Kier molecular flexibility index (Phi) is 3.01. The maximum atomic E-state index is 12.8. The van der Waals surface area contributed by atoms with E-state index < -0.39 is 17.9 Å². The van der Waals surface area contributed by atoms with Gasteiger partial charge in [-0.25, -0.2) is 4.79 Å². The van der Waals surface area contributed by atoms with E-state index in [2.05, 4.69) is 0 Å². The van der Waals surface area contributed by atoms with Crippen molar-refractivity contribution in [1.29, 1.82) is 0 Å². The summed E-state index contributed by atoms with van der Waals surface area (Å²) in [5.74, 6) is -1.48. The molecule has 6 nitrogen and oxygen atoms in total. The van der Waals surface area contributed by atoms with Crippen LogP contribution in [-0.2, 0) is 17.8 Å². The number of carbonyl (C=O) groups excluding carboxylic acids is 1. The van der Waals surface area contributed by atoms with E-state index in [1.165, 1.54) is 4.90 Å². The van der Waals surface area contributed by atoms with Gasteiger partial charge >= 0.3 is 5.97 Å². The predicted molar refractivity (Wildman–Crippen MR) is 83.6 cm³/mol. The summed E-state index contributed by atoms with van der Waals surface area (Å²) in [5.41, 5.74) is 1.78. The van der Waals surface area contributed by atoms with Crippen molar-refractivity contribution in [2.24, 2.45) is 0 Å². The van der Waals surface area contributed by atoms with E-state index in [1.54, 1.807) is 12.3 Å². The van der Waals surface area contributed by atoms with E-state index in [0.29, 0.717) is 24.8 Å². The molecule has 2 aliphatic heterocycles. The van der Waals surface area contributed by atoms with Gasteiger partial charge in [-0.05, 0) is 30.9 Å². The predicted octanol–water partition coefficient (Wildman–Crippen LogP) is 1.25. The largest absolute Gasteiger partial charge is 0.480 e. The van der Waals surface area contributed by atoms with Crippen LogP contribution in [0.4, 0.5) is 0 Å². The summed E-state index contributed by atoms with van der Waals surface area (Å²) in [6.45, 7) is 1.12. The molecule has 6 heteroatoms. The number of aromatic nitrogens is 1. The molecule has 0 unspecified atom stereocenters. The van der Waals surface area contributed by atoms with Crippen LogP contribution in [0.3, 0.4) is 0 Å². The van der Waals surface area contributed by atoms with Crippen LogP contribution in [-0.4, -0.2) is 39.0 Å². The lowest BCUT2D eigenvalue weighted by Gasteiger charge is -2.21. The van der Waals surface area contributed by atoms with Crippen LogP contribution in [0.1, 0.15) is 28.8 Å². The monoisotopic (exact) mass is 312 g/mol. The highest BCUT2D eigenvalue weighted by Gasteiger charge is 2.35. The fourth-order valence-corrected chi connectivity index (χ4v) is 3.73. The minimum Gasteiger partial charge on any atom is -0.480 e. The summed E-state index contributed by atoms with van der Waals surface area (Å²) in [7, 11) is 0. The summed E-state index contributed by atoms with van der Waals surface area (Å²) in [6.07, 6.45) is 3.53. The molecule has 1 aromatic heterocycles. The number of likely N-dealkylation sites (tertiary alicyclic amines) is 1. The number of nitrogens with zero attached hydrogens (tertiary/aromatic N) is 2. The molecule has 0 bridgehead atoms. The van der Waals surface area contributed by atoms with Gasteiger partial charge in [0.25, 0.3) is 5.91 Å². The Morgan fingerprint density at radius 2 is 2.04 bits per heavy atom. The molecule has 1 aromatic carbocycles. The Labute approximate surface area is 131 Å². The Hall–Kier alpha value is -2.63. The Balaban J connectivity index is 1.85. The molecule has 23 heavy (non-hydrogen) atoms. The van der Waals surface area contributed by atoms with Gasteiger partial charge in [-0.2, -0.15) is 0 Å². The number of carboxylic acid groups (broad SMARTS) is 1. The van der Waals surface area contributed by atoms with E-state index in [9.17, 15) is 19.5 Å². The van der Waals surface area contributed by atoms with Crippen molar-refractivity contribution in [3.63, 3.8) is 0 Å². The quantitative estimate of drug-likeness (QED) is 0.905. The van der Waals surface area contributed by atoms with Crippen molar-refractivity contribution >= 4 is 22.8 Å². The van der Waals surface area contributed by atoms with Gasteiger partial charge < -0.3 is 14.6 Å². The third-order valence-electron chi connectivity index (χ3n) is 4.83. The second-order valence-electron chi connectivity index (χ2n) is 6.12. The highest BCUT2D eigenvalue weighted by Crippen LogP contribution is 2.25. The molecule has 2 aliphatic rings. The van der Waals surface area contributed by atoms with Crippen LogP contribution >= 0.6 is 0 Å². The molecular weight excluding hydrogens is 296 g/mol. The molecule has 0 radical (unpaired) electrons. The van der Waals surface area contributed by atoms with Crippen molar-refractivity contribution in [3.8, 4) is 0 Å². The number of carboxylic acids is 1. The van der Waals surface area contributed by atoms with Crippen LogP contribution in [0, 0.1) is 0 Å². The maximum Gasteiger partial charge on any atom is 0.326 e. The third-order valence-corrected chi connectivity index (χ3v) is 4.83. The fourth-order valence-electron chi connectivity index (χ4n) is 3.73. The van der Waals surface area contributed by atoms with E-state index in [0.717, 1.165) is 24.0 Å². The lowest BCUT2D eigenvalue weighted by Crippen LogP contribution is -2.42. The van der Waals surface area contributed by atoms with Crippen molar-refractivity contribution in [3.05, 3.63) is 45.7 Å². The summed E-state index contributed by atoms with van der Waals surface area (Å²) in [4.78, 5) is 38.1. The number of carbonyl (C=O) groups is 2. The topological polar surface area (TPSA) is 79.6 Å². The average molecular weight is 312 g/mol. The number of rotatable bonds is 2. The first kappa shape index (κ1) is 14.0. The molecule has 0 aliphatic carbocycles. The van der Waals surface area contributed by atoms with E-state index in [4.69, 9.17) is 0 Å².